The van der Waals surface area contributed by atoms with E-state index < -0.39 is 0 Å². The van der Waals surface area contributed by atoms with Crippen molar-refractivity contribution in [3.8, 4) is 0 Å². The second-order valence-electron chi connectivity index (χ2n) is 8.19. The van der Waals surface area contributed by atoms with Gasteiger partial charge in [0.25, 0.3) is 0 Å². The number of hydrogen-bond donors (Lipinski definition) is 0. The van der Waals surface area contributed by atoms with E-state index >= 15 is 0 Å². The Labute approximate surface area is 194 Å². The minimum atomic E-state index is 0.880. The van der Waals surface area contributed by atoms with Gasteiger partial charge < -0.3 is 0 Å². The molecule has 2 aliphatic rings. The largest absolute Gasteiger partial charge is 0.293 e. The van der Waals surface area contributed by atoms with Crippen LogP contribution >= 0.6 is 12.1 Å². The van der Waals surface area contributed by atoms with Crippen LogP contribution in [-0.2, 0) is 0 Å². The van der Waals surface area contributed by atoms with Crippen LogP contribution in [0.15, 0.2) is 69.5 Å². The third kappa shape index (κ3) is 10.3. The molecule has 1 saturated heterocycles. The average molecular weight is 441 g/mol. The second kappa shape index (κ2) is 15.0. The van der Waals surface area contributed by atoms with Gasteiger partial charge in [-0.15, -0.1) is 0 Å². The maximum Gasteiger partial charge on any atom is 0.139 e. The summed E-state index contributed by atoms with van der Waals surface area (Å²) in [7, 11) is 0. The molecule has 0 bridgehead atoms. The summed E-state index contributed by atoms with van der Waals surface area (Å²) in [6.07, 6.45) is 22.9. The highest BCUT2D eigenvalue weighted by Crippen LogP contribution is 2.30. The van der Waals surface area contributed by atoms with Gasteiger partial charge in [0, 0.05) is 57.2 Å². The van der Waals surface area contributed by atoms with E-state index in [0.29, 0.717) is 0 Å². The fourth-order valence-electron chi connectivity index (χ4n) is 3.38. The monoisotopic (exact) mass is 440 g/mol. The van der Waals surface area contributed by atoms with Gasteiger partial charge in [-0.3, -0.25) is 9.30 Å². The SMILES string of the molecule is C=CC(/C=N/CCC)=C\C=C(/C)CCCCCCN1CCN(C2=CC(C)=CCC=N2)S1. The molecule has 2 aliphatic heterocycles. The molecule has 2 heterocycles. The number of allylic oxidation sites excluding steroid dienone is 8. The Hall–Kier alpha value is -1.85. The molecule has 170 valence electrons. The Morgan fingerprint density at radius 2 is 2.06 bits per heavy atom. The zero-order chi connectivity index (χ0) is 22.3. The van der Waals surface area contributed by atoms with E-state index in [1.54, 1.807) is 0 Å². The van der Waals surface area contributed by atoms with E-state index in [2.05, 4.69) is 70.2 Å². The topological polar surface area (TPSA) is 31.2 Å². The molecule has 0 atom stereocenters. The van der Waals surface area contributed by atoms with Crippen LogP contribution < -0.4 is 0 Å². The number of rotatable bonds is 13. The minimum Gasteiger partial charge on any atom is -0.293 e. The van der Waals surface area contributed by atoms with Crippen LogP contribution in [0.2, 0.25) is 0 Å². The minimum absolute atomic E-state index is 0.880. The van der Waals surface area contributed by atoms with Gasteiger partial charge >= 0.3 is 0 Å². The molecule has 4 nitrogen and oxygen atoms in total. The maximum atomic E-state index is 4.62. The molecule has 0 aromatic carbocycles. The van der Waals surface area contributed by atoms with Crippen LogP contribution in [0.3, 0.4) is 0 Å². The number of unbranched alkanes of at least 4 members (excludes halogenated alkanes) is 3. The molecule has 0 N–H and O–H groups in total. The van der Waals surface area contributed by atoms with E-state index in [0.717, 1.165) is 56.8 Å². The Morgan fingerprint density at radius 3 is 2.87 bits per heavy atom. The van der Waals surface area contributed by atoms with Crippen molar-refractivity contribution in [2.24, 2.45) is 9.98 Å². The van der Waals surface area contributed by atoms with Gasteiger partial charge in [-0.25, -0.2) is 9.30 Å². The molecule has 5 heteroatoms. The van der Waals surface area contributed by atoms with E-state index in [4.69, 9.17) is 0 Å². The summed E-state index contributed by atoms with van der Waals surface area (Å²) in [5.41, 5.74) is 3.81. The number of aliphatic imine (C=N–C) groups is 2. The van der Waals surface area contributed by atoms with Crippen molar-refractivity contribution in [1.29, 1.82) is 0 Å². The van der Waals surface area contributed by atoms with Crippen LogP contribution in [-0.4, -0.2) is 47.2 Å². The predicted octanol–water partition coefficient (Wildman–Crippen LogP) is 6.92. The molecule has 0 aromatic rings. The van der Waals surface area contributed by atoms with Gasteiger partial charge in [-0.1, -0.05) is 61.8 Å². The van der Waals surface area contributed by atoms with Crippen LogP contribution in [0.5, 0.6) is 0 Å². The third-order valence-electron chi connectivity index (χ3n) is 5.27. The maximum absolute atomic E-state index is 4.62. The first kappa shape index (κ1) is 25.4. The Bertz CT molecular complexity index is 743. The average Bonchev–Trinajstić information content (AvgIpc) is 3.13. The molecule has 1 fully saturated rings. The van der Waals surface area contributed by atoms with Crippen molar-refractivity contribution < 1.29 is 0 Å². The smallest absolute Gasteiger partial charge is 0.139 e. The molecule has 0 unspecified atom stereocenters. The highest BCUT2D eigenvalue weighted by Gasteiger charge is 2.23. The molecule has 0 aromatic heterocycles. The first-order chi connectivity index (χ1) is 15.1. The summed E-state index contributed by atoms with van der Waals surface area (Å²) in [6, 6.07) is 0. The third-order valence-corrected chi connectivity index (χ3v) is 6.43. The van der Waals surface area contributed by atoms with Crippen molar-refractivity contribution in [2.75, 3.05) is 26.2 Å². The summed E-state index contributed by atoms with van der Waals surface area (Å²) in [5, 5.41) is 0. The summed E-state index contributed by atoms with van der Waals surface area (Å²) < 4.78 is 4.80. The van der Waals surface area contributed by atoms with E-state index in [9.17, 15) is 0 Å². The fraction of sp³-hybridized carbons (Fsp3) is 0.538. The lowest BCUT2D eigenvalue weighted by Gasteiger charge is -2.18. The second-order valence-corrected chi connectivity index (χ2v) is 9.31. The van der Waals surface area contributed by atoms with Crippen molar-refractivity contribution in [3.05, 3.63) is 59.5 Å². The summed E-state index contributed by atoms with van der Waals surface area (Å²) in [6.45, 7) is 14.6. The van der Waals surface area contributed by atoms with Crippen LogP contribution in [0.25, 0.3) is 0 Å². The fourth-order valence-corrected chi connectivity index (χ4v) is 4.38. The van der Waals surface area contributed by atoms with E-state index in [-0.39, 0.29) is 0 Å². The molecule has 0 spiro atoms. The molecular formula is C26H40N4S. The standard InChI is InChI=1S/C26H40N4S/c1-5-16-27-22-25(6-2)15-14-23(3)12-9-7-8-10-18-29-19-20-30(31-29)26-21-24(4)13-11-17-28-26/h6,13-15,17,21-22H,2,5,7-12,16,18-20H2,1,3-4H3/b23-14+,25-15+,27-22+. The van der Waals surface area contributed by atoms with Crippen molar-refractivity contribution in [2.45, 2.75) is 65.7 Å². The van der Waals surface area contributed by atoms with E-state index in [1.807, 2.05) is 30.6 Å². The van der Waals surface area contributed by atoms with Crippen molar-refractivity contribution >= 4 is 24.6 Å². The Morgan fingerprint density at radius 1 is 1.23 bits per heavy atom. The molecule has 0 aliphatic carbocycles. The lowest BCUT2D eigenvalue weighted by atomic mass is 10.1. The summed E-state index contributed by atoms with van der Waals surface area (Å²) in [5.74, 6) is 1.09. The summed E-state index contributed by atoms with van der Waals surface area (Å²) >= 11 is 1.84. The van der Waals surface area contributed by atoms with Crippen molar-refractivity contribution in [1.82, 2.24) is 8.61 Å². The quantitative estimate of drug-likeness (QED) is 0.135. The highest BCUT2D eigenvalue weighted by molar-refractivity contribution is 7.95. The zero-order valence-electron chi connectivity index (χ0n) is 19.7. The Balaban J connectivity index is 1.60. The first-order valence-electron chi connectivity index (χ1n) is 11.7. The Kier molecular flexibility index (Phi) is 12.3. The molecule has 31 heavy (non-hydrogen) atoms. The molecule has 2 rings (SSSR count). The zero-order valence-corrected chi connectivity index (χ0v) is 20.5. The number of nitrogens with zero attached hydrogens (tertiary/aromatic N) is 4. The molecular weight excluding hydrogens is 400 g/mol. The van der Waals surface area contributed by atoms with Gasteiger partial charge in [0.2, 0.25) is 0 Å². The normalized spacial score (nSPS) is 18.5. The van der Waals surface area contributed by atoms with Crippen LogP contribution in [0.1, 0.15) is 65.7 Å². The van der Waals surface area contributed by atoms with Crippen LogP contribution in [0.4, 0.5) is 0 Å². The first-order valence-corrected chi connectivity index (χ1v) is 12.5. The molecule has 0 saturated carbocycles. The predicted molar refractivity (Wildman–Crippen MR) is 140 cm³/mol. The lowest BCUT2D eigenvalue weighted by Crippen LogP contribution is -2.13. The molecule has 0 radical (unpaired) electrons. The highest BCUT2D eigenvalue weighted by atomic mass is 32.2. The van der Waals surface area contributed by atoms with E-state index in [1.165, 1.54) is 36.8 Å². The molecule has 0 amide bonds. The van der Waals surface area contributed by atoms with Gasteiger partial charge in [-0.05, 0) is 51.2 Å². The lowest BCUT2D eigenvalue weighted by molar-refractivity contribution is 0.462. The van der Waals surface area contributed by atoms with Gasteiger partial charge in [0.1, 0.15) is 5.82 Å². The van der Waals surface area contributed by atoms with Gasteiger partial charge in [-0.2, -0.15) is 0 Å². The van der Waals surface area contributed by atoms with Crippen molar-refractivity contribution in [3.63, 3.8) is 0 Å². The van der Waals surface area contributed by atoms with Crippen LogP contribution in [0, 0.1) is 0 Å². The number of hydrogen-bond acceptors (Lipinski definition) is 5. The summed E-state index contributed by atoms with van der Waals surface area (Å²) in [4.78, 5) is 9.01. The van der Waals surface area contributed by atoms with Gasteiger partial charge in [0.05, 0.1) is 0 Å². The van der Waals surface area contributed by atoms with Gasteiger partial charge in [0.15, 0.2) is 0 Å².